The number of rotatable bonds is 7. The van der Waals surface area contributed by atoms with Crippen LogP contribution in [0.1, 0.15) is 53.9 Å². The maximum atomic E-state index is 13.6. The third kappa shape index (κ3) is 5.21. The molecule has 1 atom stereocenters. The molecule has 3 aromatic rings. The van der Waals surface area contributed by atoms with E-state index in [2.05, 4.69) is 42.7 Å². The van der Waals surface area contributed by atoms with Gasteiger partial charge in [-0.15, -0.1) is 0 Å². The number of aromatic carboxylic acids is 1. The fraction of sp³-hybridized carbons (Fsp3) is 0.379. The maximum Gasteiger partial charge on any atom is 0.339 e. The Balaban J connectivity index is 1.66. The van der Waals surface area contributed by atoms with Crippen molar-refractivity contribution in [2.24, 2.45) is 0 Å². The Morgan fingerprint density at radius 3 is 2.36 bits per heavy atom. The van der Waals surface area contributed by atoms with E-state index in [9.17, 15) is 14.3 Å². The van der Waals surface area contributed by atoms with Crippen molar-refractivity contribution in [3.63, 3.8) is 0 Å². The lowest BCUT2D eigenvalue weighted by atomic mass is 9.90. The first kappa shape index (κ1) is 25.6. The van der Waals surface area contributed by atoms with Crippen molar-refractivity contribution in [3.8, 4) is 16.9 Å². The van der Waals surface area contributed by atoms with Crippen LogP contribution in [0.15, 0.2) is 48.5 Å². The van der Waals surface area contributed by atoms with Gasteiger partial charge in [0.05, 0.1) is 12.8 Å². The number of hydrogen-bond donors (Lipinski definition) is 1. The van der Waals surface area contributed by atoms with Crippen molar-refractivity contribution in [1.82, 2.24) is 9.88 Å². The molecule has 6 nitrogen and oxygen atoms in total. The first-order chi connectivity index (χ1) is 17.2. The van der Waals surface area contributed by atoms with Gasteiger partial charge in [0.15, 0.2) is 0 Å². The summed E-state index contributed by atoms with van der Waals surface area (Å²) in [6.07, 6.45) is 0. The minimum Gasteiger partial charge on any atom is -0.497 e. The molecule has 0 radical (unpaired) electrons. The number of benzene rings is 2. The standard InChI is InChI=1S/C29H34FN3O3/c1-18(2)27-25(22-8-10-23(30)11-9-22)20(4)26(29(34)35)28(31-27)33-15-14-32(19(3)16-33)17-21-6-12-24(36-5)13-7-21/h6-13,18-19H,14-17H2,1-5H3,(H,34,35)/t19-/m1/s1. The lowest BCUT2D eigenvalue weighted by Crippen LogP contribution is -2.52. The average molecular weight is 492 g/mol. The van der Waals surface area contributed by atoms with E-state index < -0.39 is 5.97 Å². The molecule has 0 aliphatic carbocycles. The minimum absolute atomic E-state index is 0.0686. The molecule has 1 saturated heterocycles. The Hall–Kier alpha value is -3.45. The molecule has 0 bridgehead atoms. The molecule has 0 amide bonds. The lowest BCUT2D eigenvalue weighted by Gasteiger charge is -2.41. The molecular formula is C29H34FN3O3. The quantitative estimate of drug-likeness (QED) is 0.455. The van der Waals surface area contributed by atoms with E-state index in [4.69, 9.17) is 9.72 Å². The fourth-order valence-electron chi connectivity index (χ4n) is 4.98. The van der Waals surface area contributed by atoms with Crippen LogP contribution in [0, 0.1) is 12.7 Å². The third-order valence-electron chi connectivity index (χ3n) is 6.96. The molecule has 36 heavy (non-hydrogen) atoms. The number of pyridine rings is 1. The number of nitrogens with zero attached hydrogens (tertiary/aromatic N) is 3. The van der Waals surface area contributed by atoms with Gasteiger partial charge in [-0.25, -0.2) is 14.2 Å². The predicted octanol–water partition coefficient (Wildman–Crippen LogP) is 5.74. The van der Waals surface area contributed by atoms with Gasteiger partial charge in [-0.05, 0) is 60.7 Å². The zero-order valence-electron chi connectivity index (χ0n) is 21.6. The summed E-state index contributed by atoms with van der Waals surface area (Å²) in [6, 6.07) is 14.5. The first-order valence-electron chi connectivity index (χ1n) is 12.3. The topological polar surface area (TPSA) is 65.9 Å². The molecule has 1 N–H and O–H groups in total. The van der Waals surface area contributed by atoms with Gasteiger partial charge < -0.3 is 14.7 Å². The summed E-state index contributed by atoms with van der Waals surface area (Å²) in [5.74, 6) is 0.1000. The average Bonchev–Trinajstić information content (AvgIpc) is 2.85. The Morgan fingerprint density at radius 1 is 1.14 bits per heavy atom. The summed E-state index contributed by atoms with van der Waals surface area (Å²) in [6.45, 7) is 11.1. The summed E-state index contributed by atoms with van der Waals surface area (Å²) in [5.41, 5.74) is 4.47. The summed E-state index contributed by atoms with van der Waals surface area (Å²) in [4.78, 5) is 22.0. The van der Waals surface area contributed by atoms with Crippen LogP contribution >= 0.6 is 0 Å². The highest BCUT2D eigenvalue weighted by Crippen LogP contribution is 2.37. The molecule has 1 fully saturated rings. The van der Waals surface area contributed by atoms with Gasteiger partial charge in [0.25, 0.3) is 0 Å². The normalized spacial score (nSPS) is 16.4. The number of halogens is 1. The van der Waals surface area contributed by atoms with E-state index in [0.29, 0.717) is 24.5 Å². The van der Waals surface area contributed by atoms with Crippen molar-refractivity contribution < 1.29 is 19.0 Å². The van der Waals surface area contributed by atoms with E-state index in [1.807, 2.05) is 19.1 Å². The number of aromatic nitrogens is 1. The molecule has 7 heteroatoms. The number of hydrogen-bond acceptors (Lipinski definition) is 5. The molecule has 1 aromatic heterocycles. The van der Waals surface area contributed by atoms with Crippen molar-refractivity contribution in [2.45, 2.75) is 46.2 Å². The number of ether oxygens (including phenoxy) is 1. The second kappa shape index (κ2) is 10.7. The Bertz CT molecular complexity index is 1230. The third-order valence-corrected chi connectivity index (χ3v) is 6.96. The van der Waals surface area contributed by atoms with Gasteiger partial charge in [-0.1, -0.05) is 38.1 Å². The van der Waals surface area contributed by atoms with Gasteiger partial charge in [0.1, 0.15) is 22.9 Å². The van der Waals surface area contributed by atoms with Crippen LogP contribution in [0.25, 0.3) is 11.1 Å². The molecule has 0 saturated carbocycles. The summed E-state index contributed by atoms with van der Waals surface area (Å²) in [7, 11) is 1.66. The van der Waals surface area contributed by atoms with Crippen molar-refractivity contribution in [3.05, 3.63) is 76.7 Å². The second-order valence-corrected chi connectivity index (χ2v) is 9.78. The van der Waals surface area contributed by atoms with Gasteiger partial charge in [0, 0.05) is 37.8 Å². The van der Waals surface area contributed by atoms with Crippen LogP contribution in [0.4, 0.5) is 10.2 Å². The van der Waals surface area contributed by atoms with Gasteiger partial charge in [-0.2, -0.15) is 0 Å². The number of carboxylic acid groups (broad SMARTS) is 1. The molecule has 4 rings (SSSR count). The zero-order chi connectivity index (χ0) is 26.0. The van der Waals surface area contributed by atoms with Gasteiger partial charge >= 0.3 is 5.97 Å². The van der Waals surface area contributed by atoms with E-state index in [1.165, 1.54) is 17.7 Å². The van der Waals surface area contributed by atoms with E-state index in [-0.39, 0.29) is 23.3 Å². The predicted molar refractivity (Wildman–Crippen MR) is 140 cm³/mol. The summed E-state index contributed by atoms with van der Waals surface area (Å²) < 4.78 is 18.9. The molecule has 1 aliphatic heterocycles. The number of piperazine rings is 1. The van der Waals surface area contributed by atoms with Crippen LogP contribution in [-0.2, 0) is 6.54 Å². The van der Waals surface area contributed by atoms with Gasteiger partial charge in [-0.3, -0.25) is 4.90 Å². The molecule has 2 heterocycles. The highest BCUT2D eigenvalue weighted by atomic mass is 19.1. The smallest absolute Gasteiger partial charge is 0.339 e. The number of carbonyl (C=O) groups is 1. The van der Waals surface area contributed by atoms with Crippen LogP contribution in [-0.4, -0.2) is 53.7 Å². The van der Waals surface area contributed by atoms with Crippen molar-refractivity contribution in [2.75, 3.05) is 31.6 Å². The molecule has 2 aromatic carbocycles. The lowest BCUT2D eigenvalue weighted by molar-refractivity contribution is 0.0696. The molecular weight excluding hydrogens is 457 g/mol. The molecule has 0 spiro atoms. The van der Waals surface area contributed by atoms with Crippen LogP contribution in [0.2, 0.25) is 0 Å². The first-order valence-corrected chi connectivity index (χ1v) is 12.3. The highest BCUT2D eigenvalue weighted by Gasteiger charge is 2.31. The van der Waals surface area contributed by atoms with Crippen LogP contribution in [0.5, 0.6) is 5.75 Å². The molecule has 190 valence electrons. The minimum atomic E-state index is -0.998. The molecule has 1 aliphatic rings. The fourth-order valence-corrected chi connectivity index (χ4v) is 4.98. The van der Waals surface area contributed by atoms with E-state index >= 15 is 0 Å². The van der Waals surface area contributed by atoms with Crippen molar-refractivity contribution in [1.29, 1.82) is 0 Å². The number of methoxy groups -OCH3 is 1. The Labute approximate surface area is 212 Å². The zero-order valence-corrected chi connectivity index (χ0v) is 21.6. The van der Waals surface area contributed by atoms with Crippen molar-refractivity contribution >= 4 is 11.8 Å². The largest absolute Gasteiger partial charge is 0.497 e. The monoisotopic (exact) mass is 491 g/mol. The van der Waals surface area contributed by atoms with E-state index in [0.717, 1.165) is 35.7 Å². The molecule has 0 unspecified atom stereocenters. The van der Waals surface area contributed by atoms with E-state index in [1.54, 1.807) is 19.2 Å². The Kier molecular flexibility index (Phi) is 7.59. The van der Waals surface area contributed by atoms with Crippen LogP contribution < -0.4 is 9.64 Å². The number of carboxylic acids is 1. The highest BCUT2D eigenvalue weighted by molar-refractivity contribution is 5.98. The summed E-state index contributed by atoms with van der Waals surface area (Å²) in [5, 5.41) is 10.2. The SMILES string of the molecule is COc1ccc(CN2CCN(c3nc(C(C)C)c(-c4ccc(F)cc4)c(C)c3C(=O)O)C[C@H]2C)cc1. The summed E-state index contributed by atoms with van der Waals surface area (Å²) >= 11 is 0. The second-order valence-electron chi connectivity index (χ2n) is 9.78. The maximum absolute atomic E-state index is 13.6. The Morgan fingerprint density at radius 2 is 1.81 bits per heavy atom. The van der Waals surface area contributed by atoms with Crippen LogP contribution in [0.3, 0.4) is 0 Å². The number of anilines is 1. The van der Waals surface area contributed by atoms with Gasteiger partial charge in [0.2, 0.25) is 0 Å².